The van der Waals surface area contributed by atoms with Gasteiger partial charge in [-0.05, 0) is 44.5 Å². The Kier molecular flexibility index (Phi) is 4.45. The number of thiophene rings is 1. The van der Waals surface area contributed by atoms with E-state index in [1.165, 1.54) is 9.75 Å². The lowest BCUT2D eigenvalue weighted by Crippen LogP contribution is -2.20. The maximum absolute atomic E-state index is 11.3. The molecule has 0 fully saturated rings. The van der Waals surface area contributed by atoms with Crippen molar-refractivity contribution in [3.05, 3.63) is 51.2 Å². The van der Waals surface area contributed by atoms with Crippen LogP contribution in [0.15, 0.2) is 30.3 Å². The minimum absolute atomic E-state index is 0.187. The van der Waals surface area contributed by atoms with Crippen molar-refractivity contribution in [1.82, 2.24) is 0 Å². The highest BCUT2D eigenvalue weighted by atomic mass is 32.1. The van der Waals surface area contributed by atoms with Crippen LogP contribution in [0.4, 0.5) is 5.69 Å². The Bertz CT molecular complexity index is 619. The molecule has 1 heterocycles. The van der Waals surface area contributed by atoms with Gasteiger partial charge in [0.2, 0.25) is 0 Å². The second kappa shape index (κ2) is 6.09. The van der Waals surface area contributed by atoms with Crippen molar-refractivity contribution in [2.45, 2.75) is 33.2 Å². The molecule has 3 nitrogen and oxygen atoms in total. The van der Waals surface area contributed by atoms with E-state index in [1.54, 1.807) is 23.5 Å². The largest absolute Gasteiger partial charge is 0.478 e. The summed E-state index contributed by atoms with van der Waals surface area (Å²) in [6.45, 7) is 6.10. The number of anilines is 1. The molecule has 0 aliphatic heterocycles. The molecule has 0 amide bonds. The predicted molar refractivity (Wildman–Crippen MR) is 84.0 cm³/mol. The van der Waals surface area contributed by atoms with E-state index in [2.05, 4.69) is 31.3 Å². The molecule has 0 bridgehead atoms. The molecule has 1 atom stereocenters. The molecular weight excluding hydrogens is 270 g/mol. The monoisotopic (exact) mass is 289 g/mol. The maximum Gasteiger partial charge on any atom is 0.337 e. The van der Waals surface area contributed by atoms with Gasteiger partial charge in [-0.25, -0.2) is 4.79 Å². The van der Waals surface area contributed by atoms with Gasteiger partial charge in [0.15, 0.2) is 0 Å². The summed E-state index contributed by atoms with van der Waals surface area (Å²) in [5, 5.41) is 12.6. The maximum atomic E-state index is 11.3. The molecule has 0 radical (unpaired) electrons. The minimum Gasteiger partial charge on any atom is -0.478 e. The van der Waals surface area contributed by atoms with Gasteiger partial charge in [0, 0.05) is 22.2 Å². The zero-order valence-corrected chi connectivity index (χ0v) is 12.8. The van der Waals surface area contributed by atoms with Gasteiger partial charge in [0.05, 0.1) is 11.3 Å². The van der Waals surface area contributed by atoms with E-state index in [0.29, 0.717) is 5.56 Å². The van der Waals surface area contributed by atoms with E-state index >= 15 is 0 Å². The van der Waals surface area contributed by atoms with Crippen molar-refractivity contribution >= 4 is 23.0 Å². The Labute approximate surface area is 123 Å². The van der Waals surface area contributed by atoms with Gasteiger partial charge < -0.3 is 10.4 Å². The molecule has 20 heavy (non-hydrogen) atoms. The highest BCUT2D eigenvalue weighted by Crippen LogP contribution is 2.23. The first-order valence-corrected chi connectivity index (χ1v) is 7.44. The first-order chi connectivity index (χ1) is 9.47. The van der Waals surface area contributed by atoms with Gasteiger partial charge in [-0.3, -0.25) is 0 Å². The zero-order valence-electron chi connectivity index (χ0n) is 11.9. The van der Waals surface area contributed by atoms with Crippen LogP contribution in [-0.2, 0) is 6.42 Å². The van der Waals surface area contributed by atoms with Gasteiger partial charge in [0.1, 0.15) is 0 Å². The second-order valence-electron chi connectivity index (χ2n) is 5.06. The Morgan fingerprint density at radius 3 is 2.65 bits per heavy atom. The number of nitrogens with one attached hydrogen (secondary N) is 1. The summed E-state index contributed by atoms with van der Waals surface area (Å²) in [7, 11) is 0. The van der Waals surface area contributed by atoms with Crippen LogP contribution in [0.25, 0.3) is 0 Å². The van der Waals surface area contributed by atoms with Gasteiger partial charge in [-0.1, -0.05) is 12.1 Å². The third-order valence-corrected chi connectivity index (χ3v) is 4.22. The lowest BCUT2D eigenvalue weighted by atomic mass is 10.1. The van der Waals surface area contributed by atoms with Crippen molar-refractivity contribution in [1.29, 1.82) is 0 Å². The SMILES string of the molecule is Cc1ccc(CC(C)Nc2c(C)cccc2C(=O)O)s1. The number of aryl methyl sites for hydroxylation is 2. The van der Waals surface area contributed by atoms with E-state index in [9.17, 15) is 9.90 Å². The van der Waals surface area contributed by atoms with Crippen LogP contribution < -0.4 is 5.32 Å². The van der Waals surface area contributed by atoms with Gasteiger partial charge in [-0.2, -0.15) is 0 Å². The summed E-state index contributed by atoms with van der Waals surface area (Å²) in [6.07, 6.45) is 0.895. The molecule has 0 spiro atoms. The average molecular weight is 289 g/mol. The number of carbonyl (C=O) groups is 1. The smallest absolute Gasteiger partial charge is 0.337 e. The average Bonchev–Trinajstić information content (AvgIpc) is 2.77. The van der Waals surface area contributed by atoms with Crippen LogP contribution in [0.3, 0.4) is 0 Å². The summed E-state index contributed by atoms with van der Waals surface area (Å²) >= 11 is 1.79. The molecule has 4 heteroatoms. The highest BCUT2D eigenvalue weighted by molar-refractivity contribution is 7.11. The molecule has 2 N–H and O–H groups in total. The van der Waals surface area contributed by atoms with Gasteiger partial charge in [-0.15, -0.1) is 11.3 Å². The third kappa shape index (κ3) is 3.39. The molecule has 1 aromatic carbocycles. The molecule has 106 valence electrons. The molecular formula is C16H19NO2S. The number of hydrogen-bond acceptors (Lipinski definition) is 3. The molecule has 0 saturated carbocycles. The predicted octanol–water partition coefficient (Wildman–Crippen LogP) is 4.11. The van der Waals surface area contributed by atoms with Crippen LogP contribution in [0.2, 0.25) is 0 Å². The summed E-state index contributed by atoms with van der Waals surface area (Å²) in [5.41, 5.74) is 2.01. The number of para-hydroxylation sites is 1. The standard InChI is InChI=1S/C16H19NO2S/c1-10-5-4-6-14(16(18)19)15(10)17-11(2)9-13-8-7-12(3)20-13/h4-8,11,17H,9H2,1-3H3,(H,18,19). The van der Waals surface area contributed by atoms with Crippen LogP contribution in [0.1, 0.15) is 32.6 Å². The molecule has 2 aromatic rings. The van der Waals surface area contributed by atoms with Crippen LogP contribution in [-0.4, -0.2) is 17.1 Å². The number of carboxylic acids is 1. The number of benzene rings is 1. The van der Waals surface area contributed by atoms with Gasteiger partial charge >= 0.3 is 5.97 Å². The van der Waals surface area contributed by atoms with E-state index in [0.717, 1.165) is 17.7 Å². The molecule has 0 aliphatic rings. The minimum atomic E-state index is -0.893. The fourth-order valence-corrected chi connectivity index (χ4v) is 3.25. The van der Waals surface area contributed by atoms with E-state index in [4.69, 9.17) is 0 Å². The van der Waals surface area contributed by atoms with Crippen molar-refractivity contribution in [2.24, 2.45) is 0 Å². The number of rotatable bonds is 5. The van der Waals surface area contributed by atoms with Crippen molar-refractivity contribution < 1.29 is 9.90 Å². The van der Waals surface area contributed by atoms with E-state index < -0.39 is 5.97 Å². The summed E-state index contributed by atoms with van der Waals surface area (Å²) in [4.78, 5) is 13.9. The first kappa shape index (κ1) is 14.6. The number of hydrogen-bond donors (Lipinski definition) is 2. The summed E-state index contributed by atoms with van der Waals surface area (Å²) < 4.78 is 0. The lowest BCUT2D eigenvalue weighted by molar-refractivity contribution is 0.0698. The van der Waals surface area contributed by atoms with E-state index in [-0.39, 0.29) is 6.04 Å². The summed E-state index contributed by atoms with van der Waals surface area (Å²) in [6, 6.07) is 9.78. The zero-order chi connectivity index (χ0) is 14.7. The van der Waals surface area contributed by atoms with Crippen molar-refractivity contribution in [2.75, 3.05) is 5.32 Å². The lowest BCUT2D eigenvalue weighted by Gasteiger charge is -2.18. The Morgan fingerprint density at radius 2 is 2.05 bits per heavy atom. The highest BCUT2D eigenvalue weighted by Gasteiger charge is 2.14. The van der Waals surface area contributed by atoms with Crippen molar-refractivity contribution in [3.63, 3.8) is 0 Å². The first-order valence-electron chi connectivity index (χ1n) is 6.62. The Hall–Kier alpha value is -1.81. The normalized spacial score (nSPS) is 12.2. The van der Waals surface area contributed by atoms with Crippen LogP contribution >= 0.6 is 11.3 Å². The third-order valence-electron chi connectivity index (χ3n) is 3.20. The topological polar surface area (TPSA) is 49.3 Å². The molecule has 1 unspecified atom stereocenters. The van der Waals surface area contributed by atoms with E-state index in [1.807, 2.05) is 13.0 Å². The second-order valence-corrected chi connectivity index (χ2v) is 6.44. The molecule has 1 aromatic heterocycles. The Morgan fingerprint density at radius 1 is 1.30 bits per heavy atom. The molecule has 0 saturated heterocycles. The summed E-state index contributed by atoms with van der Waals surface area (Å²) in [5.74, 6) is -0.893. The fraction of sp³-hybridized carbons (Fsp3) is 0.312. The number of aromatic carboxylic acids is 1. The van der Waals surface area contributed by atoms with Crippen LogP contribution in [0.5, 0.6) is 0 Å². The number of carboxylic acid groups (broad SMARTS) is 1. The quantitative estimate of drug-likeness (QED) is 0.871. The van der Waals surface area contributed by atoms with Crippen LogP contribution in [0, 0.1) is 13.8 Å². The molecule has 2 rings (SSSR count). The Balaban J connectivity index is 2.15. The fourth-order valence-electron chi connectivity index (χ4n) is 2.23. The van der Waals surface area contributed by atoms with Gasteiger partial charge in [0.25, 0.3) is 0 Å². The molecule has 0 aliphatic carbocycles. The van der Waals surface area contributed by atoms with Crippen molar-refractivity contribution in [3.8, 4) is 0 Å².